The van der Waals surface area contributed by atoms with E-state index >= 15 is 0 Å². The minimum absolute atomic E-state index is 0.125. The van der Waals surface area contributed by atoms with Crippen molar-refractivity contribution >= 4 is 34.8 Å². The highest BCUT2D eigenvalue weighted by Crippen LogP contribution is 2.27. The van der Waals surface area contributed by atoms with Crippen LogP contribution in [0.4, 0.5) is 0 Å². The molecule has 0 aliphatic rings. The predicted octanol–water partition coefficient (Wildman–Crippen LogP) is 4.06. The van der Waals surface area contributed by atoms with Gasteiger partial charge >= 0.3 is 0 Å². The van der Waals surface area contributed by atoms with E-state index < -0.39 is 0 Å². The van der Waals surface area contributed by atoms with Gasteiger partial charge in [-0.2, -0.15) is 5.10 Å². The lowest BCUT2D eigenvalue weighted by Crippen LogP contribution is -2.27. The number of benzene rings is 1. The molecule has 3 nitrogen and oxygen atoms in total. The Bertz CT molecular complexity index is 617. The van der Waals surface area contributed by atoms with E-state index in [1.807, 2.05) is 32.2 Å². The van der Waals surface area contributed by atoms with Crippen molar-refractivity contribution in [3.63, 3.8) is 0 Å². The fourth-order valence-electron chi connectivity index (χ4n) is 2.35. The van der Waals surface area contributed by atoms with Gasteiger partial charge in [-0.15, -0.1) is 0 Å². The Morgan fingerprint density at radius 2 is 1.81 bits per heavy atom. The SMILES string of the molecule is CCc1nn(C)c(CC(N)Cc2c(Cl)cccc2Cl)c1Cl. The normalized spacial score (nSPS) is 12.7. The summed E-state index contributed by atoms with van der Waals surface area (Å²) >= 11 is 18.7. The second kappa shape index (κ2) is 7.01. The molecule has 0 aliphatic heterocycles. The third kappa shape index (κ3) is 3.72. The molecule has 2 N–H and O–H groups in total. The van der Waals surface area contributed by atoms with Gasteiger partial charge in [0.25, 0.3) is 0 Å². The van der Waals surface area contributed by atoms with E-state index in [0.717, 1.165) is 23.4 Å². The van der Waals surface area contributed by atoms with Gasteiger partial charge in [-0.25, -0.2) is 0 Å². The van der Waals surface area contributed by atoms with Crippen molar-refractivity contribution in [2.45, 2.75) is 32.2 Å². The van der Waals surface area contributed by atoms with Crippen LogP contribution in [0, 0.1) is 0 Å². The van der Waals surface area contributed by atoms with Crippen LogP contribution in [-0.2, 0) is 26.3 Å². The summed E-state index contributed by atoms with van der Waals surface area (Å²) in [5.41, 5.74) is 8.97. The van der Waals surface area contributed by atoms with Crippen LogP contribution in [0.15, 0.2) is 18.2 Å². The molecule has 21 heavy (non-hydrogen) atoms. The van der Waals surface area contributed by atoms with Gasteiger partial charge in [-0.1, -0.05) is 47.8 Å². The van der Waals surface area contributed by atoms with Crippen LogP contribution in [0.2, 0.25) is 15.1 Å². The first-order valence-corrected chi connectivity index (χ1v) is 7.96. The van der Waals surface area contributed by atoms with Crippen LogP contribution >= 0.6 is 34.8 Å². The molecule has 1 heterocycles. The zero-order chi connectivity index (χ0) is 15.6. The second-order valence-electron chi connectivity index (χ2n) is 5.05. The number of nitrogens with zero attached hydrogens (tertiary/aromatic N) is 2. The van der Waals surface area contributed by atoms with Crippen molar-refractivity contribution in [2.24, 2.45) is 12.8 Å². The fraction of sp³-hybridized carbons (Fsp3) is 0.400. The molecule has 0 bridgehead atoms. The summed E-state index contributed by atoms with van der Waals surface area (Å²) in [4.78, 5) is 0. The number of halogens is 3. The van der Waals surface area contributed by atoms with Gasteiger partial charge in [0.1, 0.15) is 0 Å². The maximum absolute atomic E-state index is 6.35. The standard InChI is InChI=1S/C15H18Cl3N3/c1-3-13-15(18)14(21(2)20-13)8-9(19)7-10-11(16)5-4-6-12(10)17/h4-6,9H,3,7-8,19H2,1-2H3. The Kier molecular flexibility index (Phi) is 5.55. The minimum atomic E-state index is -0.125. The average molecular weight is 347 g/mol. The van der Waals surface area contributed by atoms with Crippen molar-refractivity contribution in [3.05, 3.63) is 50.2 Å². The summed E-state index contributed by atoms with van der Waals surface area (Å²) < 4.78 is 1.80. The first kappa shape index (κ1) is 16.6. The monoisotopic (exact) mass is 345 g/mol. The van der Waals surface area contributed by atoms with Gasteiger partial charge in [-0.3, -0.25) is 4.68 Å². The Labute approximate surface area is 140 Å². The predicted molar refractivity (Wildman–Crippen MR) is 89.4 cm³/mol. The molecule has 6 heteroatoms. The van der Waals surface area contributed by atoms with Gasteiger partial charge in [0.15, 0.2) is 0 Å². The molecule has 0 amide bonds. The molecular weight excluding hydrogens is 329 g/mol. The number of nitrogens with two attached hydrogens (primary N) is 1. The molecule has 1 aromatic carbocycles. The van der Waals surface area contributed by atoms with E-state index in [1.165, 1.54) is 0 Å². The van der Waals surface area contributed by atoms with E-state index in [9.17, 15) is 0 Å². The van der Waals surface area contributed by atoms with Crippen molar-refractivity contribution in [2.75, 3.05) is 0 Å². The Balaban J connectivity index is 2.16. The lowest BCUT2D eigenvalue weighted by molar-refractivity contribution is 0.612. The summed E-state index contributed by atoms with van der Waals surface area (Å²) in [5, 5.41) is 6.39. The summed E-state index contributed by atoms with van der Waals surface area (Å²) in [6.07, 6.45) is 2.03. The van der Waals surface area contributed by atoms with Crippen LogP contribution in [0.25, 0.3) is 0 Å². The van der Waals surface area contributed by atoms with Gasteiger partial charge in [0.05, 0.1) is 16.4 Å². The first-order chi connectivity index (χ1) is 9.93. The quantitative estimate of drug-likeness (QED) is 0.887. The molecule has 1 aromatic heterocycles. The third-order valence-corrected chi connectivity index (χ3v) is 4.63. The molecule has 0 radical (unpaired) electrons. The van der Waals surface area contributed by atoms with Crippen LogP contribution in [0.3, 0.4) is 0 Å². The largest absolute Gasteiger partial charge is 0.327 e. The molecule has 0 saturated carbocycles. The summed E-state index contributed by atoms with van der Waals surface area (Å²) in [6.45, 7) is 2.03. The smallest absolute Gasteiger partial charge is 0.0850 e. The van der Waals surface area contributed by atoms with E-state index in [-0.39, 0.29) is 6.04 Å². The third-order valence-electron chi connectivity index (χ3n) is 3.49. The van der Waals surface area contributed by atoms with Crippen molar-refractivity contribution < 1.29 is 0 Å². The summed E-state index contributed by atoms with van der Waals surface area (Å²) in [6, 6.07) is 5.34. The Hall–Kier alpha value is -0.740. The van der Waals surface area contributed by atoms with Crippen LogP contribution in [0.1, 0.15) is 23.9 Å². The molecule has 114 valence electrons. The van der Waals surface area contributed by atoms with E-state index in [4.69, 9.17) is 40.5 Å². The molecule has 2 rings (SSSR count). The number of aryl methyl sites for hydroxylation is 2. The molecule has 1 atom stereocenters. The second-order valence-corrected chi connectivity index (χ2v) is 6.25. The van der Waals surface area contributed by atoms with E-state index in [0.29, 0.717) is 27.9 Å². The maximum atomic E-state index is 6.35. The van der Waals surface area contributed by atoms with Crippen molar-refractivity contribution in [1.29, 1.82) is 0 Å². The van der Waals surface area contributed by atoms with Crippen molar-refractivity contribution in [1.82, 2.24) is 9.78 Å². The topological polar surface area (TPSA) is 43.8 Å². The van der Waals surface area contributed by atoms with E-state index in [2.05, 4.69) is 5.10 Å². The fourth-order valence-corrected chi connectivity index (χ4v) is 3.27. The van der Waals surface area contributed by atoms with Crippen LogP contribution in [-0.4, -0.2) is 15.8 Å². The highest BCUT2D eigenvalue weighted by molar-refractivity contribution is 6.36. The lowest BCUT2D eigenvalue weighted by Gasteiger charge is -2.14. The Morgan fingerprint density at radius 3 is 2.33 bits per heavy atom. The minimum Gasteiger partial charge on any atom is -0.327 e. The number of aromatic nitrogens is 2. The zero-order valence-corrected chi connectivity index (χ0v) is 14.3. The van der Waals surface area contributed by atoms with Gasteiger partial charge in [0, 0.05) is 29.6 Å². The maximum Gasteiger partial charge on any atom is 0.0850 e. The molecule has 2 aromatic rings. The zero-order valence-electron chi connectivity index (χ0n) is 12.0. The molecule has 0 fully saturated rings. The number of hydrogen-bond acceptors (Lipinski definition) is 2. The number of hydrogen-bond donors (Lipinski definition) is 1. The molecule has 0 saturated heterocycles. The van der Waals surface area contributed by atoms with E-state index in [1.54, 1.807) is 4.68 Å². The molecule has 0 aliphatic carbocycles. The van der Waals surface area contributed by atoms with Crippen LogP contribution < -0.4 is 5.73 Å². The molecule has 0 spiro atoms. The summed E-state index contributed by atoms with van der Waals surface area (Å²) in [5.74, 6) is 0. The highest BCUT2D eigenvalue weighted by Gasteiger charge is 2.17. The van der Waals surface area contributed by atoms with Crippen LogP contribution in [0.5, 0.6) is 0 Å². The Morgan fingerprint density at radius 1 is 1.19 bits per heavy atom. The average Bonchev–Trinajstić information content (AvgIpc) is 2.70. The van der Waals surface area contributed by atoms with Gasteiger partial charge in [-0.05, 0) is 30.5 Å². The molecule has 1 unspecified atom stereocenters. The molecular formula is C15H18Cl3N3. The van der Waals surface area contributed by atoms with Crippen molar-refractivity contribution in [3.8, 4) is 0 Å². The lowest BCUT2D eigenvalue weighted by atomic mass is 10.0. The summed E-state index contributed by atoms with van der Waals surface area (Å²) in [7, 11) is 1.88. The van der Waals surface area contributed by atoms with Gasteiger partial charge < -0.3 is 5.73 Å². The highest BCUT2D eigenvalue weighted by atomic mass is 35.5. The number of rotatable bonds is 5. The first-order valence-electron chi connectivity index (χ1n) is 6.82. The van der Waals surface area contributed by atoms with Gasteiger partial charge in [0.2, 0.25) is 0 Å².